The fourth-order valence-corrected chi connectivity index (χ4v) is 2.41. The molecule has 0 aliphatic heterocycles. The van der Waals surface area contributed by atoms with Gasteiger partial charge in [-0.2, -0.15) is 5.10 Å². The van der Waals surface area contributed by atoms with Crippen LogP contribution in [-0.2, 0) is 6.54 Å². The van der Waals surface area contributed by atoms with E-state index in [0.717, 1.165) is 11.3 Å². The van der Waals surface area contributed by atoms with E-state index in [9.17, 15) is 4.79 Å². The second-order valence-electron chi connectivity index (χ2n) is 5.39. The van der Waals surface area contributed by atoms with Crippen LogP contribution in [0.2, 0.25) is 5.02 Å². The first-order valence-electron chi connectivity index (χ1n) is 7.12. The number of nitrogens with one attached hydrogen (secondary N) is 1. The SMILES string of the molecule is Cc1nn(Cc2ccc(Cl)cc2)c(C)c1C(=O)NC(C)CO. The quantitative estimate of drug-likeness (QED) is 0.888. The van der Waals surface area contributed by atoms with Gasteiger partial charge in [0, 0.05) is 16.8 Å². The molecule has 0 bridgehead atoms. The van der Waals surface area contributed by atoms with E-state index < -0.39 is 0 Å². The Hall–Kier alpha value is -1.85. The molecule has 2 N–H and O–H groups in total. The van der Waals surface area contributed by atoms with Gasteiger partial charge in [0.05, 0.1) is 24.4 Å². The Morgan fingerprint density at radius 2 is 2.00 bits per heavy atom. The highest BCUT2D eigenvalue weighted by Gasteiger charge is 2.19. The van der Waals surface area contributed by atoms with Gasteiger partial charge < -0.3 is 10.4 Å². The Kier molecular flexibility index (Phi) is 5.21. The Bertz CT molecular complexity index is 665. The zero-order valence-electron chi connectivity index (χ0n) is 12.9. The lowest BCUT2D eigenvalue weighted by Crippen LogP contribution is -2.35. The maximum absolute atomic E-state index is 12.3. The van der Waals surface area contributed by atoms with Gasteiger partial charge in [0.25, 0.3) is 5.91 Å². The van der Waals surface area contributed by atoms with Gasteiger partial charge in [-0.15, -0.1) is 0 Å². The van der Waals surface area contributed by atoms with Crippen molar-refractivity contribution in [2.75, 3.05) is 6.61 Å². The number of hydrogen-bond acceptors (Lipinski definition) is 3. The van der Waals surface area contributed by atoms with E-state index in [1.165, 1.54) is 0 Å². The fourth-order valence-electron chi connectivity index (χ4n) is 2.28. The summed E-state index contributed by atoms with van der Waals surface area (Å²) in [4.78, 5) is 12.3. The number of nitrogens with zero attached hydrogens (tertiary/aromatic N) is 2. The van der Waals surface area contributed by atoms with E-state index in [0.29, 0.717) is 22.8 Å². The van der Waals surface area contributed by atoms with Crippen molar-refractivity contribution in [1.82, 2.24) is 15.1 Å². The number of carbonyl (C=O) groups excluding carboxylic acids is 1. The summed E-state index contributed by atoms with van der Waals surface area (Å²) in [5.74, 6) is -0.209. The van der Waals surface area contributed by atoms with Crippen molar-refractivity contribution in [3.8, 4) is 0 Å². The van der Waals surface area contributed by atoms with Crippen molar-refractivity contribution in [2.24, 2.45) is 0 Å². The smallest absolute Gasteiger partial charge is 0.255 e. The molecule has 1 atom stereocenters. The largest absolute Gasteiger partial charge is 0.394 e. The van der Waals surface area contributed by atoms with Gasteiger partial charge in [-0.25, -0.2) is 0 Å². The highest BCUT2D eigenvalue weighted by Crippen LogP contribution is 2.16. The zero-order chi connectivity index (χ0) is 16.3. The van der Waals surface area contributed by atoms with E-state index >= 15 is 0 Å². The van der Waals surface area contributed by atoms with E-state index in [1.54, 1.807) is 11.6 Å². The minimum Gasteiger partial charge on any atom is -0.394 e. The number of halogens is 1. The van der Waals surface area contributed by atoms with E-state index in [1.807, 2.05) is 38.1 Å². The maximum Gasteiger partial charge on any atom is 0.255 e. The first kappa shape index (κ1) is 16.5. The van der Waals surface area contributed by atoms with Crippen molar-refractivity contribution in [3.05, 3.63) is 51.8 Å². The number of aromatic nitrogens is 2. The molecular formula is C16H20ClN3O2. The average Bonchev–Trinajstić information content (AvgIpc) is 2.75. The van der Waals surface area contributed by atoms with Crippen LogP contribution in [0.4, 0.5) is 0 Å². The van der Waals surface area contributed by atoms with Gasteiger partial charge in [0.1, 0.15) is 0 Å². The molecule has 118 valence electrons. The number of benzene rings is 1. The summed E-state index contributed by atoms with van der Waals surface area (Å²) < 4.78 is 1.80. The Morgan fingerprint density at radius 3 is 2.59 bits per heavy atom. The normalized spacial score (nSPS) is 12.2. The molecule has 22 heavy (non-hydrogen) atoms. The third-order valence-corrected chi connectivity index (χ3v) is 3.76. The highest BCUT2D eigenvalue weighted by molar-refractivity contribution is 6.30. The molecule has 0 spiro atoms. The Labute approximate surface area is 134 Å². The number of rotatable bonds is 5. The van der Waals surface area contributed by atoms with Crippen LogP contribution in [0, 0.1) is 13.8 Å². The van der Waals surface area contributed by atoms with Crippen LogP contribution in [0.3, 0.4) is 0 Å². The van der Waals surface area contributed by atoms with Crippen molar-refractivity contribution in [1.29, 1.82) is 0 Å². The van der Waals surface area contributed by atoms with Gasteiger partial charge in [-0.05, 0) is 38.5 Å². The lowest BCUT2D eigenvalue weighted by Gasteiger charge is -2.11. The summed E-state index contributed by atoms with van der Waals surface area (Å²) in [5.41, 5.74) is 3.10. The molecule has 6 heteroatoms. The van der Waals surface area contributed by atoms with Crippen molar-refractivity contribution < 1.29 is 9.90 Å². The number of aryl methyl sites for hydroxylation is 1. The van der Waals surface area contributed by atoms with Gasteiger partial charge in [-0.3, -0.25) is 9.48 Å². The summed E-state index contributed by atoms with van der Waals surface area (Å²) in [6.07, 6.45) is 0. The molecule has 0 saturated carbocycles. The minimum absolute atomic E-state index is 0.0945. The number of carbonyl (C=O) groups is 1. The molecule has 1 unspecified atom stereocenters. The predicted molar refractivity (Wildman–Crippen MR) is 86.3 cm³/mol. The average molecular weight is 322 g/mol. The molecule has 2 aromatic rings. The molecule has 0 fully saturated rings. The number of aliphatic hydroxyl groups is 1. The van der Waals surface area contributed by atoms with Crippen LogP contribution in [0.1, 0.15) is 34.2 Å². The van der Waals surface area contributed by atoms with E-state index in [2.05, 4.69) is 10.4 Å². The predicted octanol–water partition coefficient (Wildman–Crippen LogP) is 2.31. The molecule has 0 saturated heterocycles. The fraction of sp³-hybridized carbons (Fsp3) is 0.375. The standard InChI is InChI=1S/C16H20ClN3O2/c1-10(9-21)18-16(22)15-11(2)19-20(12(15)3)8-13-4-6-14(17)7-5-13/h4-7,10,21H,8-9H2,1-3H3,(H,18,22). The van der Waals surface area contributed by atoms with Crippen LogP contribution < -0.4 is 5.32 Å². The highest BCUT2D eigenvalue weighted by atomic mass is 35.5. The van der Waals surface area contributed by atoms with Crippen LogP contribution in [0.15, 0.2) is 24.3 Å². The maximum atomic E-state index is 12.3. The molecule has 0 aliphatic carbocycles. The molecule has 5 nitrogen and oxygen atoms in total. The van der Waals surface area contributed by atoms with Crippen molar-refractivity contribution in [3.63, 3.8) is 0 Å². The van der Waals surface area contributed by atoms with Crippen LogP contribution in [0.5, 0.6) is 0 Å². The molecule has 1 aromatic carbocycles. The summed E-state index contributed by atoms with van der Waals surface area (Å²) in [5, 5.41) is 16.9. The molecule has 1 amide bonds. The van der Waals surface area contributed by atoms with Crippen molar-refractivity contribution >= 4 is 17.5 Å². The third-order valence-electron chi connectivity index (χ3n) is 3.51. The molecule has 1 aromatic heterocycles. The first-order chi connectivity index (χ1) is 10.4. The Balaban J connectivity index is 2.23. The number of hydrogen-bond donors (Lipinski definition) is 2. The number of amides is 1. The lowest BCUT2D eigenvalue weighted by molar-refractivity contribution is 0.0921. The second-order valence-corrected chi connectivity index (χ2v) is 5.82. The van der Waals surface area contributed by atoms with E-state index in [4.69, 9.17) is 16.7 Å². The lowest BCUT2D eigenvalue weighted by atomic mass is 10.1. The molecular weight excluding hydrogens is 302 g/mol. The van der Waals surface area contributed by atoms with Gasteiger partial charge in [-0.1, -0.05) is 23.7 Å². The summed E-state index contributed by atoms with van der Waals surface area (Å²) in [7, 11) is 0. The van der Waals surface area contributed by atoms with Crippen LogP contribution >= 0.6 is 11.6 Å². The van der Waals surface area contributed by atoms with E-state index in [-0.39, 0.29) is 18.6 Å². The molecule has 0 radical (unpaired) electrons. The number of aliphatic hydroxyl groups excluding tert-OH is 1. The summed E-state index contributed by atoms with van der Waals surface area (Å²) in [6, 6.07) is 7.25. The van der Waals surface area contributed by atoms with Gasteiger partial charge in [0.15, 0.2) is 0 Å². The molecule has 1 heterocycles. The summed E-state index contributed by atoms with van der Waals surface area (Å²) in [6.45, 7) is 5.91. The third kappa shape index (κ3) is 3.67. The van der Waals surface area contributed by atoms with Crippen LogP contribution in [0.25, 0.3) is 0 Å². The molecule has 0 aliphatic rings. The van der Waals surface area contributed by atoms with Crippen molar-refractivity contribution in [2.45, 2.75) is 33.4 Å². The van der Waals surface area contributed by atoms with Gasteiger partial charge in [0.2, 0.25) is 0 Å². The molecule has 2 rings (SSSR count). The van der Waals surface area contributed by atoms with Gasteiger partial charge >= 0.3 is 0 Å². The summed E-state index contributed by atoms with van der Waals surface area (Å²) >= 11 is 5.88. The monoisotopic (exact) mass is 321 g/mol. The first-order valence-corrected chi connectivity index (χ1v) is 7.50. The minimum atomic E-state index is -0.286. The Morgan fingerprint density at radius 1 is 1.36 bits per heavy atom. The van der Waals surface area contributed by atoms with Crippen LogP contribution in [-0.4, -0.2) is 33.4 Å². The second kappa shape index (κ2) is 6.94. The zero-order valence-corrected chi connectivity index (χ0v) is 13.7. The topological polar surface area (TPSA) is 67.2 Å².